The lowest BCUT2D eigenvalue weighted by molar-refractivity contribution is 0.0697. The van der Waals surface area contributed by atoms with Gasteiger partial charge in [0.2, 0.25) is 0 Å². The van der Waals surface area contributed by atoms with Gasteiger partial charge in [0, 0.05) is 11.3 Å². The molecule has 0 bridgehead atoms. The van der Waals surface area contributed by atoms with E-state index >= 15 is 0 Å². The Morgan fingerprint density at radius 2 is 2.00 bits per heavy atom. The van der Waals surface area contributed by atoms with E-state index in [1.165, 1.54) is 0 Å². The Morgan fingerprint density at radius 1 is 1.24 bits per heavy atom. The molecule has 21 heavy (non-hydrogen) atoms. The Morgan fingerprint density at radius 3 is 2.71 bits per heavy atom. The Balaban J connectivity index is 2.20. The highest BCUT2D eigenvalue weighted by Crippen LogP contribution is 2.27. The number of anilines is 1. The van der Waals surface area contributed by atoms with E-state index < -0.39 is 5.97 Å². The number of carboxylic acid groups (broad SMARTS) is 1. The predicted molar refractivity (Wildman–Crippen MR) is 83.1 cm³/mol. The van der Waals surface area contributed by atoms with Crippen LogP contribution >= 0.6 is 0 Å². The molecule has 2 aromatic carbocycles. The summed E-state index contributed by atoms with van der Waals surface area (Å²) < 4.78 is 5.62. The second-order valence-electron chi connectivity index (χ2n) is 4.72. The van der Waals surface area contributed by atoms with Crippen molar-refractivity contribution in [2.45, 2.75) is 19.9 Å². The lowest BCUT2D eigenvalue weighted by Crippen LogP contribution is -2.09. The van der Waals surface area contributed by atoms with Crippen LogP contribution in [0.2, 0.25) is 0 Å². The maximum atomic E-state index is 11.0. The third-order valence-electron chi connectivity index (χ3n) is 3.18. The number of aromatic carboxylic acids is 1. The fourth-order valence-corrected chi connectivity index (χ4v) is 2.19. The van der Waals surface area contributed by atoms with Crippen molar-refractivity contribution in [1.82, 2.24) is 0 Å². The second-order valence-corrected chi connectivity index (χ2v) is 4.72. The molecule has 2 N–H and O–H groups in total. The number of carbonyl (C=O) groups is 1. The van der Waals surface area contributed by atoms with E-state index in [0.29, 0.717) is 6.61 Å². The fourth-order valence-electron chi connectivity index (χ4n) is 2.19. The molecule has 0 amide bonds. The van der Waals surface area contributed by atoms with Crippen molar-refractivity contribution < 1.29 is 14.6 Å². The van der Waals surface area contributed by atoms with E-state index in [9.17, 15) is 4.79 Å². The molecular formula is C17H19NO3. The smallest absolute Gasteiger partial charge is 0.335 e. The quantitative estimate of drug-likeness (QED) is 0.843. The van der Waals surface area contributed by atoms with Gasteiger partial charge in [0.25, 0.3) is 0 Å². The van der Waals surface area contributed by atoms with Crippen LogP contribution in [0, 0.1) is 0 Å². The van der Waals surface area contributed by atoms with Crippen LogP contribution in [0.1, 0.15) is 35.8 Å². The maximum Gasteiger partial charge on any atom is 0.335 e. The van der Waals surface area contributed by atoms with Crippen molar-refractivity contribution in [3.8, 4) is 5.75 Å². The van der Waals surface area contributed by atoms with E-state index in [-0.39, 0.29) is 11.6 Å². The zero-order valence-corrected chi connectivity index (χ0v) is 12.2. The molecule has 0 spiro atoms. The van der Waals surface area contributed by atoms with Crippen molar-refractivity contribution in [3.05, 3.63) is 59.7 Å². The van der Waals surface area contributed by atoms with Crippen LogP contribution in [0.15, 0.2) is 48.5 Å². The van der Waals surface area contributed by atoms with Gasteiger partial charge in [-0.3, -0.25) is 0 Å². The zero-order chi connectivity index (χ0) is 15.2. The first kappa shape index (κ1) is 14.9. The summed E-state index contributed by atoms with van der Waals surface area (Å²) in [6.07, 6.45) is 0. The van der Waals surface area contributed by atoms with Crippen molar-refractivity contribution in [2.75, 3.05) is 11.9 Å². The summed E-state index contributed by atoms with van der Waals surface area (Å²) in [4.78, 5) is 11.0. The Labute approximate surface area is 124 Å². The van der Waals surface area contributed by atoms with Gasteiger partial charge in [-0.25, -0.2) is 4.79 Å². The van der Waals surface area contributed by atoms with Gasteiger partial charge in [0.1, 0.15) is 5.75 Å². The second kappa shape index (κ2) is 6.79. The van der Waals surface area contributed by atoms with Crippen LogP contribution < -0.4 is 10.1 Å². The summed E-state index contributed by atoms with van der Waals surface area (Å²) in [6, 6.07) is 14.6. The molecule has 0 aliphatic heterocycles. The summed E-state index contributed by atoms with van der Waals surface area (Å²) in [5.74, 6) is -0.0876. The first-order valence-electron chi connectivity index (χ1n) is 6.93. The van der Waals surface area contributed by atoms with Gasteiger partial charge in [0.05, 0.1) is 18.2 Å². The molecular weight excluding hydrogens is 266 g/mol. The van der Waals surface area contributed by atoms with Gasteiger partial charge in [-0.05, 0) is 38.1 Å². The summed E-state index contributed by atoms with van der Waals surface area (Å²) in [6.45, 7) is 4.58. The number of hydrogen-bond acceptors (Lipinski definition) is 3. The molecule has 2 aromatic rings. The molecule has 0 heterocycles. The highest BCUT2D eigenvalue weighted by atomic mass is 16.5. The number of hydrogen-bond donors (Lipinski definition) is 2. The highest BCUT2D eigenvalue weighted by molar-refractivity contribution is 5.88. The van der Waals surface area contributed by atoms with Crippen LogP contribution in [0.4, 0.5) is 5.69 Å². The van der Waals surface area contributed by atoms with Gasteiger partial charge in [-0.2, -0.15) is 0 Å². The third kappa shape index (κ3) is 3.75. The summed E-state index contributed by atoms with van der Waals surface area (Å²) >= 11 is 0. The normalized spacial score (nSPS) is 11.7. The minimum absolute atomic E-state index is 0.0109. The molecule has 0 aliphatic rings. The average Bonchev–Trinajstić information content (AvgIpc) is 2.48. The Kier molecular flexibility index (Phi) is 4.82. The lowest BCUT2D eigenvalue weighted by Gasteiger charge is -2.19. The first-order valence-corrected chi connectivity index (χ1v) is 6.93. The third-order valence-corrected chi connectivity index (χ3v) is 3.18. The first-order chi connectivity index (χ1) is 10.1. The number of rotatable bonds is 6. The summed E-state index contributed by atoms with van der Waals surface area (Å²) in [7, 11) is 0. The Hall–Kier alpha value is -2.49. The van der Waals surface area contributed by atoms with E-state index in [2.05, 4.69) is 5.32 Å². The van der Waals surface area contributed by atoms with E-state index in [0.717, 1.165) is 17.0 Å². The molecule has 0 radical (unpaired) electrons. The SMILES string of the molecule is CCOc1ccccc1C(C)Nc1cccc(C(=O)O)c1. The maximum absolute atomic E-state index is 11.0. The molecule has 1 atom stereocenters. The zero-order valence-electron chi connectivity index (χ0n) is 12.2. The van der Waals surface area contributed by atoms with Gasteiger partial charge in [0.15, 0.2) is 0 Å². The van der Waals surface area contributed by atoms with Crippen molar-refractivity contribution in [2.24, 2.45) is 0 Å². The minimum Gasteiger partial charge on any atom is -0.494 e. The molecule has 0 aromatic heterocycles. The standard InChI is InChI=1S/C17H19NO3/c1-3-21-16-10-5-4-9-15(16)12(2)18-14-8-6-7-13(11-14)17(19)20/h4-12,18H,3H2,1-2H3,(H,19,20). The number of ether oxygens (including phenoxy) is 1. The van der Waals surface area contributed by atoms with Crippen LogP contribution in [0.3, 0.4) is 0 Å². The summed E-state index contributed by atoms with van der Waals surface area (Å²) in [5, 5.41) is 12.3. The predicted octanol–water partition coefficient (Wildman–Crippen LogP) is 3.96. The van der Waals surface area contributed by atoms with Crippen LogP contribution in [-0.4, -0.2) is 17.7 Å². The van der Waals surface area contributed by atoms with Crippen LogP contribution in [0.5, 0.6) is 5.75 Å². The fraction of sp³-hybridized carbons (Fsp3) is 0.235. The molecule has 4 heteroatoms. The highest BCUT2D eigenvalue weighted by Gasteiger charge is 2.12. The van der Waals surface area contributed by atoms with Crippen molar-refractivity contribution in [1.29, 1.82) is 0 Å². The van der Waals surface area contributed by atoms with Gasteiger partial charge >= 0.3 is 5.97 Å². The molecule has 2 rings (SSSR count). The Bertz CT molecular complexity index is 625. The van der Waals surface area contributed by atoms with Crippen LogP contribution in [-0.2, 0) is 0 Å². The van der Waals surface area contributed by atoms with Crippen molar-refractivity contribution >= 4 is 11.7 Å². The molecule has 0 saturated carbocycles. The van der Waals surface area contributed by atoms with Gasteiger partial charge in [-0.1, -0.05) is 24.3 Å². The monoisotopic (exact) mass is 285 g/mol. The van der Waals surface area contributed by atoms with Crippen LogP contribution in [0.25, 0.3) is 0 Å². The average molecular weight is 285 g/mol. The van der Waals surface area contributed by atoms with E-state index in [4.69, 9.17) is 9.84 Å². The molecule has 0 fully saturated rings. The number of carboxylic acids is 1. The lowest BCUT2D eigenvalue weighted by atomic mass is 10.1. The van der Waals surface area contributed by atoms with E-state index in [1.807, 2.05) is 44.2 Å². The molecule has 110 valence electrons. The van der Waals surface area contributed by atoms with E-state index in [1.54, 1.807) is 18.2 Å². The molecule has 0 aliphatic carbocycles. The number of benzene rings is 2. The van der Waals surface area contributed by atoms with Gasteiger partial charge in [-0.15, -0.1) is 0 Å². The number of nitrogens with one attached hydrogen (secondary N) is 1. The van der Waals surface area contributed by atoms with Gasteiger partial charge < -0.3 is 15.2 Å². The minimum atomic E-state index is -0.930. The molecule has 4 nitrogen and oxygen atoms in total. The van der Waals surface area contributed by atoms with Crippen molar-refractivity contribution in [3.63, 3.8) is 0 Å². The number of para-hydroxylation sites is 1. The molecule has 0 saturated heterocycles. The topological polar surface area (TPSA) is 58.6 Å². The molecule has 1 unspecified atom stereocenters. The summed E-state index contributed by atoms with van der Waals surface area (Å²) in [5.41, 5.74) is 2.08. The largest absolute Gasteiger partial charge is 0.494 e.